The lowest BCUT2D eigenvalue weighted by Gasteiger charge is -2.37. The van der Waals surface area contributed by atoms with Crippen molar-refractivity contribution in [2.24, 2.45) is 35.5 Å². The second-order valence-corrected chi connectivity index (χ2v) is 9.62. The number of carbonyl (C=O) groups is 3. The monoisotopic (exact) mass is 427 g/mol. The molecule has 1 saturated heterocycles. The SMILES string of the molecule is Cc1ccc(C(=O)[C@H](C)Oc2ccccc2N2C(=O)[C@H]3[C@@H]4C=C[C@H]([C@H]5C[C@H]45)[C@@H]3C2=O)cc1. The van der Waals surface area contributed by atoms with Gasteiger partial charge in [0, 0.05) is 5.56 Å². The summed E-state index contributed by atoms with van der Waals surface area (Å²) < 4.78 is 6.04. The molecular weight excluding hydrogens is 402 g/mol. The van der Waals surface area contributed by atoms with Crippen molar-refractivity contribution in [2.45, 2.75) is 26.4 Å². The number of aryl methyl sites for hydroxylation is 1. The maximum absolute atomic E-state index is 13.5. The van der Waals surface area contributed by atoms with Crippen LogP contribution in [0.3, 0.4) is 0 Å². The van der Waals surface area contributed by atoms with Crippen molar-refractivity contribution in [3.63, 3.8) is 0 Å². The van der Waals surface area contributed by atoms with Crippen molar-refractivity contribution in [1.29, 1.82) is 0 Å². The molecule has 5 aliphatic rings. The fourth-order valence-corrected chi connectivity index (χ4v) is 6.13. The molecule has 0 unspecified atom stereocenters. The molecule has 7 rings (SSSR count). The van der Waals surface area contributed by atoms with Gasteiger partial charge in [0.1, 0.15) is 5.75 Å². The number of ketones is 1. The lowest BCUT2D eigenvalue weighted by Crippen LogP contribution is -2.40. The van der Waals surface area contributed by atoms with Crippen LogP contribution in [0.25, 0.3) is 0 Å². The number of imide groups is 1. The molecule has 1 heterocycles. The van der Waals surface area contributed by atoms with Gasteiger partial charge in [-0.05, 0) is 56.1 Å². The number of benzene rings is 2. The van der Waals surface area contributed by atoms with Crippen LogP contribution in [0.5, 0.6) is 5.75 Å². The number of Topliss-reactive ketones (excluding diaryl/α,β-unsaturated/α-hetero) is 1. The van der Waals surface area contributed by atoms with Gasteiger partial charge in [-0.3, -0.25) is 14.4 Å². The minimum absolute atomic E-state index is 0.127. The summed E-state index contributed by atoms with van der Waals surface area (Å²) in [6.45, 7) is 3.67. The zero-order chi connectivity index (χ0) is 22.1. The normalized spacial score (nSPS) is 32.5. The van der Waals surface area contributed by atoms with Gasteiger partial charge in [-0.2, -0.15) is 0 Å². The Bertz CT molecular complexity index is 1130. The van der Waals surface area contributed by atoms with Crippen molar-refractivity contribution < 1.29 is 19.1 Å². The van der Waals surface area contributed by atoms with Gasteiger partial charge in [0.05, 0.1) is 17.5 Å². The average Bonchev–Trinajstić information content (AvgIpc) is 3.58. The third kappa shape index (κ3) is 2.73. The molecule has 5 nitrogen and oxygen atoms in total. The van der Waals surface area contributed by atoms with Crippen LogP contribution in [-0.2, 0) is 9.59 Å². The third-order valence-electron chi connectivity index (χ3n) is 7.78. The molecule has 0 aromatic heterocycles. The molecule has 0 spiro atoms. The van der Waals surface area contributed by atoms with Gasteiger partial charge in [0.15, 0.2) is 6.10 Å². The van der Waals surface area contributed by atoms with Gasteiger partial charge < -0.3 is 4.74 Å². The zero-order valence-electron chi connectivity index (χ0n) is 18.1. The Morgan fingerprint density at radius 2 is 1.53 bits per heavy atom. The highest BCUT2D eigenvalue weighted by Gasteiger charge is 2.67. The van der Waals surface area contributed by atoms with E-state index in [1.807, 2.05) is 19.1 Å². The van der Waals surface area contributed by atoms with E-state index >= 15 is 0 Å². The van der Waals surface area contributed by atoms with E-state index in [4.69, 9.17) is 4.74 Å². The molecule has 5 heteroatoms. The van der Waals surface area contributed by atoms with Crippen LogP contribution in [0.2, 0.25) is 0 Å². The molecule has 162 valence electrons. The lowest BCUT2D eigenvalue weighted by atomic mass is 9.63. The molecule has 7 atom stereocenters. The van der Waals surface area contributed by atoms with Crippen molar-refractivity contribution in [3.8, 4) is 5.75 Å². The van der Waals surface area contributed by atoms with Gasteiger partial charge >= 0.3 is 0 Å². The highest BCUT2D eigenvalue weighted by molar-refractivity contribution is 6.23. The number of nitrogens with zero attached hydrogens (tertiary/aromatic N) is 1. The quantitative estimate of drug-likeness (QED) is 0.408. The predicted octanol–water partition coefficient (Wildman–Crippen LogP) is 4.20. The van der Waals surface area contributed by atoms with Crippen molar-refractivity contribution in [2.75, 3.05) is 4.90 Å². The van der Waals surface area contributed by atoms with Crippen molar-refractivity contribution >= 4 is 23.3 Å². The van der Waals surface area contributed by atoms with Gasteiger partial charge in [0.25, 0.3) is 0 Å². The number of rotatable bonds is 5. The van der Waals surface area contributed by atoms with E-state index in [1.54, 1.807) is 43.3 Å². The summed E-state index contributed by atoms with van der Waals surface area (Å²) in [4.78, 5) is 41.2. The van der Waals surface area contributed by atoms with E-state index in [0.29, 0.717) is 28.8 Å². The van der Waals surface area contributed by atoms with Gasteiger partial charge in [-0.1, -0.05) is 54.1 Å². The van der Waals surface area contributed by atoms with Crippen molar-refractivity contribution in [3.05, 3.63) is 71.8 Å². The first-order chi connectivity index (χ1) is 15.5. The Balaban J connectivity index is 1.29. The minimum Gasteiger partial charge on any atom is -0.480 e. The molecule has 0 radical (unpaired) electrons. The van der Waals surface area contributed by atoms with Crippen LogP contribution in [0.1, 0.15) is 29.3 Å². The number of hydrogen-bond acceptors (Lipinski definition) is 4. The summed E-state index contributed by atoms with van der Waals surface area (Å²) in [5.41, 5.74) is 2.09. The Hall–Kier alpha value is -3.21. The minimum atomic E-state index is -0.751. The first-order valence-corrected chi connectivity index (χ1v) is 11.4. The van der Waals surface area contributed by atoms with Crippen LogP contribution in [0.4, 0.5) is 5.69 Å². The van der Waals surface area contributed by atoms with E-state index in [9.17, 15) is 14.4 Å². The molecule has 3 fully saturated rings. The van der Waals surface area contributed by atoms with Crippen LogP contribution >= 0.6 is 0 Å². The number of carbonyl (C=O) groups excluding carboxylic acids is 3. The fourth-order valence-electron chi connectivity index (χ4n) is 6.13. The van der Waals surface area contributed by atoms with E-state index in [0.717, 1.165) is 12.0 Å². The predicted molar refractivity (Wildman–Crippen MR) is 119 cm³/mol. The molecule has 4 aliphatic carbocycles. The number of allylic oxidation sites excluding steroid dienone is 2. The van der Waals surface area contributed by atoms with Crippen LogP contribution in [0, 0.1) is 42.4 Å². The zero-order valence-corrected chi connectivity index (χ0v) is 18.1. The number of hydrogen-bond donors (Lipinski definition) is 0. The summed E-state index contributed by atoms with van der Waals surface area (Å²) in [6, 6.07) is 14.4. The van der Waals surface area contributed by atoms with E-state index in [2.05, 4.69) is 12.2 Å². The molecular formula is C27H25NO4. The number of amides is 2. The molecule has 2 amide bonds. The smallest absolute Gasteiger partial charge is 0.238 e. The van der Waals surface area contributed by atoms with E-state index < -0.39 is 6.10 Å². The summed E-state index contributed by atoms with van der Waals surface area (Å²) in [6.07, 6.45) is 4.71. The fraction of sp³-hybridized carbons (Fsp3) is 0.370. The lowest BCUT2D eigenvalue weighted by molar-refractivity contribution is -0.124. The highest BCUT2D eigenvalue weighted by Crippen LogP contribution is 2.65. The van der Waals surface area contributed by atoms with Gasteiger partial charge in [0.2, 0.25) is 17.6 Å². The number of para-hydroxylation sites is 2. The second kappa shape index (κ2) is 6.89. The van der Waals surface area contributed by atoms with E-state index in [-0.39, 0.29) is 41.3 Å². The summed E-state index contributed by atoms with van der Waals surface area (Å²) in [5, 5.41) is 0. The first kappa shape index (κ1) is 19.5. The van der Waals surface area contributed by atoms with E-state index in [1.165, 1.54) is 4.90 Å². The molecule has 1 aliphatic heterocycles. The Kier molecular flexibility index (Phi) is 4.19. The molecule has 2 saturated carbocycles. The molecule has 2 aromatic rings. The molecule has 0 N–H and O–H groups in total. The number of anilines is 1. The Labute approximate surface area is 187 Å². The van der Waals surface area contributed by atoms with Crippen molar-refractivity contribution in [1.82, 2.24) is 0 Å². The highest BCUT2D eigenvalue weighted by atomic mass is 16.5. The molecule has 2 aromatic carbocycles. The largest absolute Gasteiger partial charge is 0.480 e. The number of ether oxygens (including phenoxy) is 1. The molecule has 32 heavy (non-hydrogen) atoms. The second-order valence-electron chi connectivity index (χ2n) is 9.62. The summed E-state index contributed by atoms with van der Waals surface area (Å²) in [7, 11) is 0. The Morgan fingerprint density at radius 3 is 2.16 bits per heavy atom. The Morgan fingerprint density at radius 1 is 0.938 bits per heavy atom. The summed E-state index contributed by atoms with van der Waals surface area (Å²) in [5.74, 6) is 0.917. The molecule has 2 bridgehead atoms. The maximum atomic E-state index is 13.5. The first-order valence-electron chi connectivity index (χ1n) is 11.4. The topological polar surface area (TPSA) is 63.7 Å². The standard InChI is InChI=1S/C27H25NO4/c1-14-7-9-16(10-8-14)25(29)15(2)32-22-6-4-3-5-21(22)28-26(30)23-17-11-12-18(20-13-19(17)20)24(23)27(28)31/h3-12,15,17-20,23-24H,13H2,1-2H3/t15-,17+,18+,19+,20+,23-,24-/m0/s1. The van der Waals surface area contributed by atoms with Crippen LogP contribution in [-0.4, -0.2) is 23.7 Å². The maximum Gasteiger partial charge on any atom is 0.238 e. The van der Waals surface area contributed by atoms with Gasteiger partial charge in [-0.25, -0.2) is 4.90 Å². The average molecular weight is 428 g/mol. The third-order valence-corrected chi connectivity index (χ3v) is 7.78. The van der Waals surface area contributed by atoms with Crippen LogP contribution in [0.15, 0.2) is 60.7 Å². The van der Waals surface area contributed by atoms with Gasteiger partial charge in [-0.15, -0.1) is 0 Å². The van der Waals surface area contributed by atoms with Crippen LogP contribution < -0.4 is 9.64 Å². The summed E-state index contributed by atoms with van der Waals surface area (Å²) >= 11 is 0.